The van der Waals surface area contributed by atoms with Crippen molar-refractivity contribution in [2.24, 2.45) is 0 Å². The highest BCUT2D eigenvalue weighted by Gasteiger charge is 2.34. The number of pyridine rings is 1. The molecular weight excluding hydrogens is 577 g/mol. The van der Waals surface area contributed by atoms with Crippen LogP contribution in [-0.2, 0) is 0 Å². The largest absolute Gasteiger partial charge is 0.298 e. The Labute approximate surface area is 276 Å². The van der Waals surface area contributed by atoms with Crippen LogP contribution in [0.1, 0.15) is 67.0 Å². The Morgan fingerprint density at radius 3 is 1.70 bits per heavy atom. The summed E-state index contributed by atoms with van der Waals surface area (Å²) in [6.45, 7) is 20.0. The minimum atomic E-state index is -1.04. The van der Waals surface area contributed by atoms with Crippen LogP contribution in [0, 0.1) is 68.6 Å². The van der Waals surface area contributed by atoms with Crippen LogP contribution in [0.3, 0.4) is 0 Å². The van der Waals surface area contributed by atoms with Crippen LogP contribution in [0.4, 0.5) is 0 Å². The molecule has 3 nitrogen and oxygen atoms in total. The normalized spacial score (nSPS) is 12.7. The number of nitrogens with zero attached hydrogens (tertiary/aromatic N) is 3. The molecule has 0 spiro atoms. The van der Waals surface area contributed by atoms with Gasteiger partial charge in [0.05, 0.1) is 28.2 Å². The summed E-state index contributed by atoms with van der Waals surface area (Å²) in [6, 6.07) is 31.2. The summed E-state index contributed by atoms with van der Waals surface area (Å²) < 4.78 is 4.64. The molecule has 2 atom stereocenters. The minimum Gasteiger partial charge on any atom is -0.298 e. The molecule has 0 aliphatic rings. The van der Waals surface area contributed by atoms with Crippen LogP contribution in [-0.4, -0.2) is 9.55 Å². The Kier molecular flexibility index (Phi) is 8.82. The topological polar surface area (TPSA) is 21.7 Å². The van der Waals surface area contributed by atoms with Gasteiger partial charge in [0.2, 0.25) is 0 Å². The van der Waals surface area contributed by atoms with E-state index in [2.05, 4.69) is 163 Å². The smallest absolute Gasteiger partial charge is 0.269 e. The Balaban J connectivity index is 1.77. The summed E-state index contributed by atoms with van der Waals surface area (Å²) in [7, 11) is -1.04. The molecule has 0 fully saturated rings. The van der Waals surface area contributed by atoms with Gasteiger partial charge < -0.3 is 0 Å². The van der Waals surface area contributed by atoms with Crippen LogP contribution in [0.2, 0.25) is 0 Å². The Morgan fingerprint density at radius 1 is 0.630 bits per heavy atom. The summed E-state index contributed by atoms with van der Waals surface area (Å²) >= 11 is 0. The van der Waals surface area contributed by atoms with Crippen LogP contribution < -0.4 is 15.3 Å². The van der Waals surface area contributed by atoms with Crippen LogP contribution >= 0.6 is 7.92 Å². The van der Waals surface area contributed by atoms with E-state index in [1.807, 2.05) is 12.3 Å². The highest BCUT2D eigenvalue weighted by molar-refractivity contribution is 7.73. The average Bonchev–Trinajstić information content (AvgIpc) is 3.39. The number of benzene rings is 4. The van der Waals surface area contributed by atoms with Crippen molar-refractivity contribution >= 4 is 18.7 Å². The molecule has 1 unspecified atom stereocenters. The highest BCUT2D eigenvalue weighted by Crippen LogP contribution is 2.54. The van der Waals surface area contributed by atoms with E-state index in [1.54, 1.807) is 0 Å². The fourth-order valence-electron chi connectivity index (χ4n) is 7.44. The fourth-order valence-corrected chi connectivity index (χ4v) is 10.6. The summed E-state index contributed by atoms with van der Waals surface area (Å²) in [5.41, 5.74) is 17.5. The van der Waals surface area contributed by atoms with Gasteiger partial charge in [0, 0.05) is 12.4 Å². The van der Waals surface area contributed by atoms with Gasteiger partial charge in [0.25, 0.3) is 6.33 Å². The quantitative estimate of drug-likeness (QED) is 0.0991. The number of imidazole rings is 1. The molecule has 0 aliphatic heterocycles. The van der Waals surface area contributed by atoms with Crippen molar-refractivity contribution in [3.63, 3.8) is 0 Å². The Hall–Kier alpha value is -4.33. The molecule has 0 amide bonds. The Morgan fingerprint density at radius 2 is 1.15 bits per heavy atom. The fraction of sp³-hybridized carbons (Fsp3) is 0.238. The SMILES string of the molecule is Cc1cc(C)c(-n2[c-][n+](-c3c(C)cc(C)cc3C)cc2P(c2c(C)cc(C)cc2C)[C@@H](c2ccccc2)c2ccccn2)c(C)c1. The van der Waals surface area contributed by atoms with Crippen molar-refractivity contribution in [3.05, 3.63) is 165 Å². The molecule has 4 aromatic carbocycles. The highest BCUT2D eigenvalue weighted by atomic mass is 31.1. The van der Waals surface area contributed by atoms with Gasteiger partial charge in [-0.25, -0.2) is 0 Å². The van der Waals surface area contributed by atoms with Gasteiger partial charge in [0.1, 0.15) is 0 Å². The predicted molar refractivity (Wildman–Crippen MR) is 194 cm³/mol. The van der Waals surface area contributed by atoms with E-state index in [0.29, 0.717) is 0 Å². The van der Waals surface area contributed by atoms with Crippen LogP contribution in [0.15, 0.2) is 97.3 Å². The van der Waals surface area contributed by atoms with Gasteiger partial charge in [-0.1, -0.05) is 89.5 Å². The van der Waals surface area contributed by atoms with E-state index in [4.69, 9.17) is 4.98 Å². The lowest BCUT2D eigenvalue weighted by molar-refractivity contribution is -0.599. The van der Waals surface area contributed by atoms with E-state index in [9.17, 15) is 0 Å². The van der Waals surface area contributed by atoms with E-state index < -0.39 is 7.92 Å². The molecule has 0 saturated heterocycles. The lowest BCUT2D eigenvalue weighted by Crippen LogP contribution is -2.32. The maximum absolute atomic E-state index is 5.05. The molecule has 232 valence electrons. The summed E-state index contributed by atoms with van der Waals surface area (Å²) in [6.07, 6.45) is 8.21. The molecule has 46 heavy (non-hydrogen) atoms. The molecule has 2 aromatic heterocycles. The minimum absolute atomic E-state index is 0.0271. The number of aryl methyl sites for hydroxylation is 9. The van der Waals surface area contributed by atoms with Crippen molar-refractivity contribution in [3.8, 4) is 11.4 Å². The van der Waals surface area contributed by atoms with Gasteiger partial charge in [-0.2, -0.15) is 0 Å². The third kappa shape index (κ3) is 5.97. The molecular formula is C42H44N3P. The van der Waals surface area contributed by atoms with Gasteiger partial charge in [0.15, 0.2) is 0 Å². The maximum Gasteiger partial charge on any atom is 0.269 e. The number of rotatable bonds is 7. The van der Waals surface area contributed by atoms with Gasteiger partial charge in [-0.3, -0.25) is 14.1 Å². The zero-order chi connectivity index (χ0) is 32.7. The first-order valence-corrected chi connectivity index (χ1v) is 17.5. The van der Waals surface area contributed by atoms with Crippen molar-refractivity contribution < 1.29 is 4.57 Å². The number of aromatic nitrogens is 3. The molecule has 0 aliphatic carbocycles. The molecule has 0 bridgehead atoms. The molecule has 0 radical (unpaired) electrons. The van der Waals surface area contributed by atoms with Crippen LogP contribution in [0.25, 0.3) is 11.4 Å². The second-order valence-corrected chi connectivity index (χ2v) is 15.1. The summed E-state index contributed by atoms with van der Waals surface area (Å²) in [5, 5.41) is 1.40. The number of hydrogen-bond donors (Lipinski definition) is 0. The Bertz CT molecular complexity index is 1930. The third-order valence-corrected chi connectivity index (χ3v) is 12.0. The molecule has 6 aromatic rings. The van der Waals surface area contributed by atoms with Gasteiger partial charge in [-0.05, 0) is 127 Å². The maximum atomic E-state index is 5.05. The van der Waals surface area contributed by atoms with E-state index in [1.165, 1.54) is 77.7 Å². The van der Waals surface area contributed by atoms with Gasteiger partial charge >= 0.3 is 0 Å². The zero-order valence-corrected chi connectivity index (χ0v) is 29.5. The standard InChI is InChI=1S/C42H44N3P/c1-27-19-30(4)39(31(5)20-27)44-25-38(45(26-44)40-32(6)21-28(2)22-33(40)7)46(41-34(8)23-29(3)24-35(41)9)42(36-15-11-10-12-16-36)37-17-13-14-18-43-37/h10-25,42H,1-9H3/t42-,46?/m0/s1. The first-order valence-electron chi connectivity index (χ1n) is 16.1. The molecule has 6 rings (SSSR count). The average molecular weight is 622 g/mol. The van der Waals surface area contributed by atoms with Crippen LogP contribution in [0.5, 0.6) is 0 Å². The second kappa shape index (κ2) is 12.8. The summed E-state index contributed by atoms with van der Waals surface area (Å²) in [5.74, 6) is 0. The van der Waals surface area contributed by atoms with Gasteiger partial charge in [-0.15, -0.1) is 0 Å². The first-order chi connectivity index (χ1) is 22.0. The lowest BCUT2D eigenvalue weighted by Gasteiger charge is -2.32. The van der Waals surface area contributed by atoms with Crippen molar-refractivity contribution in [1.29, 1.82) is 0 Å². The molecule has 4 heteroatoms. The lowest BCUT2D eigenvalue weighted by atomic mass is 10.0. The van der Waals surface area contributed by atoms with E-state index in [-0.39, 0.29) is 5.66 Å². The monoisotopic (exact) mass is 621 g/mol. The van der Waals surface area contributed by atoms with Crippen molar-refractivity contribution in [2.75, 3.05) is 0 Å². The van der Waals surface area contributed by atoms with Crippen molar-refractivity contribution in [2.45, 2.75) is 68.0 Å². The molecule has 2 heterocycles. The summed E-state index contributed by atoms with van der Waals surface area (Å²) in [4.78, 5) is 5.05. The third-order valence-electron chi connectivity index (χ3n) is 8.88. The van der Waals surface area contributed by atoms with E-state index in [0.717, 1.165) is 5.69 Å². The van der Waals surface area contributed by atoms with Crippen molar-refractivity contribution in [1.82, 2.24) is 9.55 Å². The molecule has 0 saturated carbocycles. The second-order valence-electron chi connectivity index (χ2n) is 13.0. The zero-order valence-electron chi connectivity index (χ0n) is 28.6. The first kappa shape index (κ1) is 31.6. The predicted octanol–water partition coefficient (Wildman–Crippen LogP) is 8.95. The number of hydrogen-bond acceptors (Lipinski definition) is 1. The molecule has 0 N–H and O–H groups in total. The van der Waals surface area contributed by atoms with E-state index >= 15 is 0 Å².